The zero-order valence-electron chi connectivity index (χ0n) is 9.14. The molecule has 0 spiro atoms. The van der Waals surface area contributed by atoms with Crippen LogP contribution in [0.3, 0.4) is 0 Å². The summed E-state index contributed by atoms with van der Waals surface area (Å²) in [5.74, 6) is 0.946. The molecule has 16 heavy (non-hydrogen) atoms. The molecule has 3 nitrogen and oxygen atoms in total. The van der Waals surface area contributed by atoms with Crippen molar-refractivity contribution in [1.82, 2.24) is 4.90 Å². The van der Waals surface area contributed by atoms with Gasteiger partial charge < -0.3 is 4.90 Å². The van der Waals surface area contributed by atoms with Gasteiger partial charge in [0.25, 0.3) is 0 Å². The van der Waals surface area contributed by atoms with E-state index >= 15 is 0 Å². The number of halogens is 1. The van der Waals surface area contributed by atoms with E-state index in [1.54, 1.807) is 6.08 Å². The number of thioether (sulfide) groups is 1. The Morgan fingerprint density at radius 1 is 1.50 bits per heavy atom. The van der Waals surface area contributed by atoms with E-state index in [-0.39, 0.29) is 17.1 Å². The van der Waals surface area contributed by atoms with Crippen LogP contribution in [0.4, 0.5) is 4.39 Å². The van der Waals surface area contributed by atoms with Gasteiger partial charge in [-0.25, -0.2) is 4.39 Å². The Morgan fingerprint density at radius 3 is 3.00 bits per heavy atom. The Hall–Kier alpha value is -0.840. The SMILES string of the molecule is CSC1N=C2C(C=C1F)CN=CN2C1CC1. The number of amidine groups is 1. The third kappa shape index (κ3) is 1.67. The lowest BCUT2D eigenvalue weighted by molar-refractivity contribution is 0.516. The van der Waals surface area contributed by atoms with Crippen molar-refractivity contribution in [3.63, 3.8) is 0 Å². The highest BCUT2D eigenvalue weighted by Gasteiger charge is 2.37. The van der Waals surface area contributed by atoms with E-state index in [4.69, 9.17) is 0 Å². The molecule has 3 aliphatic rings. The molecule has 0 amide bonds. The van der Waals surface area contributed by atoms with Crippen LogP contribution in [0.25, 0.3) is 0 Å². The number of dihydropyridines is 1. The molecular formula is C11H14FN3S. The molecule has 0 bridgehead atoms. The largest absolute Gasteiger partial charge is 0.318 e. The number of nitrogens with zero attached hydrogens (tertiary/aromatic N) is 3. The van der Waals surface area contributed by atoms with E-state index in [1.165, 1.54) is 24.6 Å². The first kappa shape index (κ1) is 10.3. The standard InChI is InChI=1S/C11H14FN3S/c1-16-11-9(12)4-7-5-13-6-15(8-2-3-8)10(7)14-11/h4,6-8,11H,2-3,5H2,1H3. The van der Waals surface area contributed by atoms with Gasteiger partial charge in [0, 0.05) is 6.04 Å². The second-order valence-corrected chi connectivity index (χ2v) is 5.27. The molecule has 1 saturated carbocycles. The van der Waals surface area contributed by atoms with Crippen LogP contribution in [-0.2, 0) is 0 Å². The normalized spacial score (nSPS) is 33.2. The van der Waals surface area contributed by atoms with Crippen LogP contribution >= 0.6 is 11.8 Å². The van der Waals surface area contributed by atoms with Gasteiger partial charge in [0.15, 0.2) is 0 Å². The monoisotopic (exact) mass is 239 g/mol. The van der Waals surface area contributed by atoms with Crippen LogP contribution in [0.2, 0.25) is 0 Å². The van der Waals surface area contributed by atoms with Crippen molar-refractivity contribution in [3.8, 4) is 0 Å². The highest BCUT2D eigenvalue weighted by atomic mass is 32.2. The Kier molecular flexibility index (Phi) is 2.50. The zero-order valence-corrected chi connectivity index (χ0v) is 9.95. The summed E-state index contributed by atoms with van der Waals surface area (Å²) in [7, 11) is 0. The highest BCUT2D eigenvalue weighted by Crippen LogP contribution is 2.34. The van der Waals surface area contributed by atoms with Gasteiger partial charge in [-0.1, -0.05) is 0 Å². The Morgan fingerprint density at radius 2 is 2.31 bits per heavy atom. The van der Waals surface area contributed by atoms with E-state index in [0.717, 1.165) is 5.84 Å². The molecule has 0 radical (unpaired) electrons. The molecule has 2 unspecified atom stereocenters. The molecule has 0 aromatic heterocycles. The van der Waals surface area contributed by atoms with Gasteiger partial charge in [-0.2, -0.15) is 0 Å². The molecule has 0 saturated heterocycles. The first-order chi connectivity index (χ1) is 7.79. The minimum Gasteiger partial charge on any atom is -0.318 e. The summed E-state index contributed by atoms with van der Waals surface area (Å²) < 4.78 is 13.6. The number of hydrogen-bond acceptors (Lipinski definition) is 4. The summed E-state index contributed by atoms with van der Waals surface area (Å²) in [6, 6.07) is 0.558. The molecular weight excluding hydrogens is 225 g/mol. The number of aliphatic imine (C=N–C) groups is 2. The minimum atomic E-state index is -0.348. The van der Waals surface area contributed by atoms with E-state index in [0.29, 0.717) is 12.6 Å². The second kappa shape index (κ2) is 3.87. The average Bonchev–Trinajstić information content (AvgIpc) is 3.11. The summed E-state index contributed by atoms with van der Waals surface area (Å²) >= 11 is 1.44. The van der Waals surface area contributed by atoms with E-state index in [2.05, 4.69) is 14.9 Å². The maximum Gasteiger partial charge on any atom is 0.148 e. The molecule has 0 aromatic rings. The lowest BCUT2D eigenvalue weighted by atomic mass is 10.0. The lowest BCUT2D eigenvalue weighted by Gasteiger charge is -2.32. The van der Waals surface area contributed by atoms with Crippen LogP contribution in [0, 0.1) is 5.92 Å². The fourth-order valence-electron chi connectivity index (χ4n) is 2.13. The van der Waals surface area contributed by atoms with E-state index in [9.17, 15) is 4.39 Å². The minimum absolute atomic E-state index is 0.0500. The predicted molar refractivity (Wildman–Crippen MR) is 65.6 cm³/mol. The Labute approximate surface area is 98.5 Å². The van der Waals surface area contributed by atoms with Gasteiger partial charge in [0.05, 0.1) is 18.8 Å². The molecule has 3 rings (SSSR count). The molecule has 2 aliphatic heterocycles. The van der Waals surface area contributed by atoms with Crippen molar-refractivity contribution < 1.29 is 4.39 Å². The Balaban J connectivity index is 1.91. The van der Waals surface area contributed by atoms with Crippen molar-refractivity contribution in [2.24, 2.45) is 15.9 Å². The second-order valence-electron chi connectivity index (χ2n) is 4.35. The maximum absolute atomic E-state index is 13.6. The molecule has 1 fully saturated rings. The highest BCUT2D eigenvalue weighted by molar-refractivity contribution is 7.99. The van der Waals surface area contributed by atoms with Gasteiger partial charge in [-0.05, 0) is 25.2 Å². The van der Waals surface area contributed by atoms with Gasteiger partial charge >= 0.3 is 0 Å². The van der Waals surface area contributed by atoms with Crippen molar-refractivity contribution in [1.29, 1.82) is 0 Å². The van der Waals surface area contributed by atoms with Crippen molar-refractivity contribution in [2.45, 2.75) is 24.3 Å². The van der Waals surface area contributed by atoms with Crippen LogP contribution in [0.5, 0.6) is 0 Å². The van der Waals surface area contributed by atoms with Crippen LogP contribution in [0.15, 0.2) is 21.9 Å². The van der Waals surface area contributed by atoms with Gasteiger partial charge in [-0.15, -0.1) is 11.8 Å². The zero-order chi connectivity index (χ0) is 11.1. The molecule has 86 valence electrons. The number of hydrogen-bond donors (Lipinski definition) is 0. The molecule has 0 N–H and O–H groups in total. The van der Waals surface area contributed by atoms with Crippen molar-refractivity contribution in [3.05, 3.63) is 11.9 Å². The van der Waals surface area contributed by atoms with Crippen LogP contribution in [-0.4, -0.2) is 41.3 Å². The van der Waals surface area contributed by atoms with Crippen molar-refractivity contribution >= 4 is 23.9 Å². The van der Waals surface area contributed by atoms with Crippen molar-refractivity contribution in [2.75, 3.05) is 12.8 Å². The molecule has 1 aliphatic carbocycles. The van der Waals surface area contributed by atoms with Gasteiger partial charge in [0.2, 0.25) is 0 Å². The summed E-state index contributed by atoms with van der Waals surface area (Å²) in [6.45, 7) is 0.635. The topological polar surface area (TPSA) is 28.0 Å². The maximum atomic E-state index is 13.6. The molecule has 2 atom stereocenters. The quantitative estimate of drug-likeness (QED) is 0.738. The Bertz CT molecular complexity index is 387. The first-order valence-electron chi connectivity index (χ1n) is 5.55. The predicted octanol–water partition coefficient (Wildman–Crippen LogP) is 2.06. The fourth-order valence-corrected chi connectivity index (χ4v) is 2.64. The molecule has 2 heterocycles. The molecule has 0 aromatic carbocycles. The van der Waals surface area contributed by atoms with E-state index < -0.39 is 0 Å². The summed E-state index contributed by atoms with van der Waals surface area (Å²) in [4.78, 5) is 10.9. The third-order valence-corrected chi connectivity index (χ3v) is 3.89. The first-order valence-corrected chi connectivity index (χ1v) is 6.84. The van der Waals surface area contributed by atoms with Crippen LogP contribution in [0.1, 0.15) is 12.8 Å². The number of fused-ring (bicyclic) bond motifs is 1. The summed E-state index contributed by atoms with van der Waals surface area (Å²) in [6.07, 6.45) is 7.86. The lowest BCUT2D eigenvalue weighted by Crippen LogP contribution is -2.43. The van der Waals surface area contributed by atoms with Gasteiger partial charge in [-0.3, -0.25) is 9.98 Å². The third-order valence-electron chi connectivity index (χ3n) is 3.11. The summed E-state index contributed by atoms with van der Waals surface area (Å²) in [5, 5.41) is -0.348. The average molecular weight is 239 g/mol. The van der Waals surface area contributed by atoms with Gasteiger partial charge in [0.1, 0.15) is 17.0 Å². The van der Waals surface area contributed by atoms with Crippen LogP contribution < -0.4 is 0 Å². The smallest absolute Gasteiger partial charge is 0.148 e. The fraction of sp³-hybridized carbons (Fsp3) is 0.636. The molecule has 5 heteroatoms. The number of rotatable bonds is 2. The van der Waals surface area contributed by atoms with E-state index in [1.807, 2.05) is 12.6 Å². The summed E-state index contributed by atoms with van der Waals surface area (Å²) in [5.41, 5.74) is 0.